The van der Waals surface area contributed by atoms with E-state index in [2.05, 4.69) is 32.5 Å². The normalized spacial score (nSPS) is 19.5. The van der Waals surface area contributed by atoms with E-state index < -0.39 is 0 Å². The maximum absolute atomic E-state index is 7.36. The van der Waals surface area contributed by atoms with Crippen molar-refractivity contribution in [1.82, 2.24) is 15.3 Å². The lowest BCUT2D eigenvalue weighted by Gasteiger charge is -2.08. The number of nitrogens with one attached hydrogen (secondary N) is 3. The van der Waals surface area contributed by atoms with E-state index in [1.165, 1.54) is 12.4 Å². The molecule has 0 spiro atoms. The van der Waals surface area contributed by atoms with Crippen molar-refractivity contribution in [3.05, 3.63) is 48.3 Å². The first kappa shape index (κ1) is 18.7. The quantitative estimate of drug-likeness (QED) is 0.609. The predicted octanol–water partition coefficient (Wildman–Crippen LogP) is 3.26. The van der Waals surface area contributed by atoms with Crippen LogP contribution in [0.2, 0.25) is 0 Å². The molecule has 1 aromatic carbocycles. The number of hydrogen-bond donors (Lipinski definition) is 4. The molecule has 1 unspecified atom stereocenters. The maximum atomic E-state index is 7.36. The minimum atomic E-state index is 0.472. The molecule has 0 saturated carbocycles. The van der Waals surface area contributed by atoms with E-state index in [4.69, 9.17) is 11.1 Å². The Hall–Kier alpha value is -3.06. The van der Waals surface area contributed by atoms with Crippen LogP contribution in [0.3, 0.4) is 0 Å². The standard InChI is InChI=1S/C20H25N7/c1-14-2-5-18(13-23-12-14)26-20-24-9-8-19(27-20)25-17-6-3-15(4-7-17)16(10-21)11-22/h3-4,6-11,14,21,23H,2,5,12-13,22H2,1H3,(H,24,25,27)/b16-11+,21-10?,26-18-. The van der Waals surface area contributed by atoms with Crippen molar-refractivity contribution in [2.24, 2.45) is 16.6 Å². The molecule has 1 fully saturated rings. The van der Waals surface area contributed by atoms with Crippen LogP contribution >= 0.6 is 0 Å². The molecule has 0 radical (unpaired) electrons. The molecular weight excluding hydrogens is 338 g/mol. The highest BCUT2D eigenvalue weighted by atomic mass is 15.1. The Morgan fingerprint density at radius 2 is 2.15 bits per heavy atom. The molecule has 1 aliphatic rings. The summed E-state index contributed by atoms with van der Waals surface area (Å²) in [4.78, 5) is 13.4. The van der Waals surface area contributed by atoms with Crippen LogP contribution in [0.15, 0.2) is 47.7 Å². The molecule has 5 N–H and O–H groups in total. The van der Waals surface area contributed by atoms with Gasteiger partial charge in [0.2, 0.25) is 0 Å². The van der Waals surface area contributed by atoms with Crippen LogP contribution in [0.4, 0.5) is 17.5 Å². The first-order chi connectivity index (χ1) is 13.2. The summed E-state index contributed by atoms with van der Waals surface area (Å²) in [6.45, 7) is 4.06. The summed E-state index contributed by atoms with van der Waals surface area (Å²) in [5.41, 5.74) is 9.07. The summed E-state index contributed by atoms with van der Waals surface area (Å²) < 4.78 is 0. The fraction of sp³-hybridized carbons (Fsp3) is 0.300. The molecule has 0 aliphatic carbocycles. The van der Waals surface area contributed by atoms with Crippen molar-refractivity contribution in [3.8, 4) is 0 Å². The summed E-state index contributed by atoms with van der Waals surface area (Å²) in [6, 6.07) is 9.48. The van der Waals surface area contributed by atoms with Gasteiger partial charge in [-0.2, -0.15) is 4.98 Å². The Kier molecular flexibility index (Phi) is 6.27. The average Bonchev–Trinajstić information content (AvgIpc) is 2.89. The number of benzene rings is 1. The first-order valence-corrected chi connectivity index (χ1v) is 9.08. The van der Waals surface area contributed by atoms with Crippen LogP contribution in [0.5, 0.6) is 0 Å². The third-order valence-corrected chi connectivity index (χ3v) is 4.47. The number of aliphatic imine (C=N–C) groups is 1. The van der Waals surface area contributed by atoms with E-state index in [0.717, 1.165) is 42.9 Å². The van der Waals surface area contributed by atoms with Gasteiger partial charge in [0.25, 0.3) is 5.95 Å². The van der Waals surface area contributed by atoms with Crippen LogP contribution < -0.4 is 16.4 Å². The molecule has 1 saturated heterocycles. The number of aromatic nitrogens is 2. The molecular formula is C20H25N7. The van der Waals surface area contributed by atoms with E-state index in [0.29, 0.717) is 23.3 Å². The molecule has 1 atom stereocenters. The zero-order valence-electron chi connectivity index (χ0n) is 15.4. The number of rotatable bonds is 5. The van der Waals surface area contributed by atoms with Crippen molar-refractivity contribution in [1.29, 1.82) is 5.41 Å². The summed E-state index contributed by atoms with van der Waals surface area (Å²) >= 11 is 0. The summed E-state index contributed by atoms with van der Waals surface area (Å²) in [6.07, 6.45) is 6.47. The molecule has 7 heteroatoms. The molecule has 2 heterocycles. The number of nitrogens with two attached hydrogens (primary N) is 1. The van der Waals surface area contributed by atoms with Gasteiger partial charge in [-0.1, -0.05) is 19.1 Å². The van der Waals surface area contributed by atoms with Gasteiger partial charge in [-0.05, 0) is 49.1 Å². The molecule has 1 aliphatic heterocycles. The highest BCUT2D eigenvalue weighted by Gasteiger charge is 2.11. The van der Waals surface area contributed by atoms with Crippen LogP contribution in [0, 0.1) is 11.3 Å². The molecule has 1 aromatic heterocycles. The fourth-order valence-corrected chi connectivity index (χ4v) is 2.90. The molecule has 2 aromatic rings. The Labute approximate surface area is 159 Å². The third kappa shape index (κ3) is 5.21. The lowest BCUT2D eigenvalue weighted by Crippen LogP contribution is -2.22. The van der Waals surface area contributed by atoms with Crippen LogP contribution in [-0.2, 0) is 0 Å². The predicted molar refractivity (Wildman–Crippen MR) is 111 cm³/mol. The van der Waals surface area contributed by atoms with Crippen LogP contribution in [-0.4, -0.2) is 35.0 Å². The van der Waals surface area contributed by atoms with Crippen molar-refractivity contribution < 1.29 is 0 Å². The highest BCUT2D eigenvalue weighted by Crippen LogP contribution is 2.20. The average molecular weight is 363 g/mol. The lowest BCUT2D eigenvalue weighted by atomic mass is 10.1. The molecule has 0 amide bonds. The van der Waals surface area contributed by atoms with E-state index >= 15 is 0 Å². The Morgan fingerprint density at radius 3 is 2.89 bits per heavy atom. The van der Waals surface area contributed by atoms with Crippen LogP contribution in [0.1, 0.15) is 25.3 Å². The van der Waals surface area contributed by atoms with E-state index in [1.54, 1.807) is 6.20 Å². The summed E-state index contributed by atoms with van der Waals surface area (Å²) in [7, 11) is 0. The SMILES string of the molecule is CC1CC/C(=N/c2nccc(Nc3ccc(/C(C=N)=C/N)cc3)n2)CNC1. The Morgan fingerprint density at radius 1 is 1.33 bits per heavy atom. The smallest absolute Gasteiger partial charge is 0.251 e. The number of allylic oxidation sites excluding steroid dienone is 1. The van der Waals surface area contributed by atoms with Crippen LogP contribution in [0.25, 0.3) is 5.57 Å². The number of nitrogens with zero attached hydrogens (tertiary/aromatic N) is 3. The largest absolute Gasteiger partial charge is 0.404 e. The number of hydrogen-bond acceptors (Lipinski definition) is 7. The molecule has 7 nitrogen and oxygen atoms in total. The van der Waals surface area contributed by atoms with Crippen molar-refractivity contribution in [2.75, 3.05) is 18.4 Å². The number of anilines is 2. The molecule has 3 rings (SSSR count). The van der Waals surface area contributed by atoms with Gasteiger partial charge in [0.1, 0.15) is 5.82 Å². The Bertz CT molecular complexity index is 840. The van der Waals surface area contributed by atoms with Gasteiger partial charge in [0, 0.05) is 42.1 Å². The van der Waals surface area contributed by atoms with E-state index in [1.807, 2.05) is 30.3 Å². The minimum absolute atomic E-state index is 0.472. The second-order valence-corrected chi connectivity index (χ2v) is 6.66. The molecule has 140 valence electrons. The van der Waals surface area contributed by atoms with Gasteiger partial charge in [0.05, 0.1) is 0 Å². The van der Waals surface area contributed by atoms with Crippen molar-refractivity contribution >= 4 is 35.0 Å². The van der Waals surface area contributed by atoms with E-state index in [-0.39, 0.29) is 0 Å². The summed E-state index contributed by atoms with van der Waals surface area (Å²) in [5, 5.41) is 14.0. The van der Waals surface area contributed by atoms with Gasteiger partial charge in [-0.3, -0.25) is 0 Å². The highest BCUT2D eigenvalue weighted by molar-refractivity contribution is 6.08. The topological polar surface area (TPSA) is 112 Å². The lowest BCUT2D eigenvalue weighted by molar-refractivity contribution is 0.527. The van der Waals surface area contributed by atoms with Gasteiger partial charge >= 0.3 is 0 Å². The first-order valence-electron chi connectivity index (χ1n) is 9.08. The monoisotopic (exact) mass is 363 g/mol. The fourth-order valence-electron chi connectivity index (χ4n) is 2.90. The van der Waals surface area contributed by atoms with E-state index in [9.17, 15) is 0 Å². The van der Waals surface area contributed by atoms with Gasteiger partial charge in [-0.15, -0.1) is 0 Å². The zero-order chi connectivity index (χ0) is 19.1. The Balaban J connectivity index is 1.71. The minimum Gasteiger partial charge on any atom is -0.404 e. The second-order valence-electron chi connectivity index (χ2n) is 6.66. The summed E-state index contributed by atoms with van der Waals surface area (Å²) in [5.74, 6) is 1.82. The van der Waals surface area contributed by atoms with Gasteiger partial charge < -0.3 is 21.8 Å². The second kappa shape index (κ2) is 9.05. The van der Waals surface area contributed by atoms with Crippen molar-refractivity contribution in [2.45, 2.75) is 19.8 Å². The molecule has 0 bridgehead atoms. The van der Waals surface area contributed by atoms with Crippen molar-refractivity contribution in [3.63, 3.8) is 0 Å². The molecule has 27 heavy (non-hydrogen) atoms. The van der Waals surface area contributed by atoms with Gasteiger partial charge in [0.15, 0.2) is 0 Å². The maximum Gasteiger partial charge on any atom is 0.251 e. The van der Waals surface area contributed by atoms with Gasteiger partial charge in [-0.25, -0.2) is 9.98 Å². The zero-order valence-corrected chi connectivity index (χ0v) is 15.4. The third-order valence-electron chi connectivity index (χ3n) is 4.47.